The minimum Gasteiger partial charge on any atom is -0.295 e. The minimum atomic E-state index is -2.18. The van der Waals surface area contributed by atoms with E-state index in [1.807, 2.05) is 4.90 Å². The molecule has 0 aromatic rings. The molecule has 1 aliphatic heterocycles. The first-order chi connectivity index (χ1) is 6.24. The number of piperidine rings is 1. The molecular weight excluding hydrogens is 240 g/mol. The number of halogens is 3. The lowest BCUT2D eigenvalue weighted by molar-refractivity contribution is 0.0485. The van der Waals surface area contributed by atoms with Gasteiger partial charge in [0.15, 0.2) is 0 Å². The van der Waals surface area contributed by atoms with Gasteiger partial charge in [0.1, 0.15) is 0 Å². The number of alkyl halides is 3. The molecule has 0 amide bonds. The standard InChI is InChI=1S/C9H16BrF2N/c10-5-4-8-3-1-2-6-13(8)7-9(11)12/h8-9H,1-7H2. The molecule has 0 N–H and O–H groups in total. The molecule has 1 unspecified atom stereocenters. The Bertz CT molecular complexity index is 142. The SMILES string of the molecule is FC(F)CN1CCCCC1CCBr. The minimum absolute atomic E-state index is 0.0440. The molecular formula is C9H16BrF2N. The van der Waals surface area contributed by atoms with Crippen molar-refractivity contribution in [2.75, 3.05) is 18.4 Å². The lowest BCUT2D eigenvalue weighted by atomic mass is 10.0. The Balaban J connectivity index is 2.36. The maximum absolute atomic E-state index is 12.2. The molecule has 1 nitrogen and oxygen atoms in total. The van der Waals surface area contributed by atoms with Crippen LogP contribution in [0.1, 0.15) is 25.7 Å². The van der Waals surface area contributed by atoms with Crippen LogP contribution in [0.2, 0.25) is 0 Å². The fourth-order valence-corrected chi connectivity index (χ4v) is 2.46. The van der Waals surface area contributed by atoms with E-state index in [9.17, 15) is 8.78 Å². The largest absolute Gasteiger partial charge is 0.295 e. The van der Waals surface area contributed by atoms with Gasteiger partial charge in [0.25, 0.3) is 6.43 Å². The van der Waals surface area contributed by atoms with E-state index >= 15 is 0 Å². The second-order valence-corrected chi connectivity index (χ2v) is 4.31. The van der Waals surface area contributed by atoms with Crippen molar-refractivity contribution in [2.45, 2.75) is 38.2 Å². The van der Waals surface area contributed by atoms with E-state index in [2.05, 4.69) is 15.9 Å². The number of likely N-dealkylation sites (tertiary alicyclic amines) is 1. The van der Waals surface area contributed by atoms with Gasteiger partial charge in [0.05, 0.1) is 6.54 Å². The first kappa shape index (κ1) is 11.4. The van der Waals surface area contributed by atoms with Crippen molar-refractivity contribution >= 4 is 15.9 Å². The highest BCUT2D eigenvalue weighted by Gasteiger charge is 2.23. The Morgan fingerprint density at radius 1 is 1.38 bits per heavy atom. The van der Waals surface area contributed by atoms with Gasteiger partial charge in [0, 0.05) is 11.4 Å². The number of nitrogens with zero attached hydrogens (tertiary/aromatic N) is 1. The lowest BCUT2D eigenvalue weighted by Gasteiger charge is -2.35. The van der Waals surface area contributed by atoms with Crippen LogP contribution in [0.3, 0.4) is 0 Å². The lowest BCUT2D eigenvalue weighted by Crippen LogP contribution is -2.42. The zero-order chi connectivity index (χ0) is 9.68. The summed E-state index contributed by atoms with van der Waals surface area (Å²) >= 11 is 3.36. The Hall–Kier alpha value is 0.300. The average Bonchev–Trinajstić information content (AvgIpc) is 2.08. The normalized spacial score (nSPS) is 25.4. The molecule has 78 valence electrons. The average molecular weight is 256 g/mol. The van der Waals surface area contributed by atoms with Crippen molar-refractivity contribution in [3.05, 3.63) is 0 Å². The van der Waals surface area contributed by atoms with Crippen LogP contribution in [0.4, 0.5) is 8.78 Å². The zero-order valence-corrected chi connectivity index (χ0v) is 9.27. The molecule has 0 spiro atoms. The fourth-order valence-electron chi connectivity index (χ4n) is 1.93. The summed E-state index contributed by atoms with van der Waals surface area (Å²) in [7, 11) is 0. The van der Waals surface area contributed by atoms with Crippen molar-refractivity contribution in [3.8, 4) is 0 Å². The van der Waals surface area contributed by atoms with E-state index in [4.69, 9.17) is 0 Å². The maximum Gasteiger partial charge on any atom is 0.251 e. The van der Waals surface area contributed by atoms with Gasteiger partial charge in [-0.2, -0.15) is 0 Å². The highest BCUT2D eigenvalue weighted by atomic mass is 79.9. The molecule has 1 atom stereocenters. The van der Waals surface area contributed by atoms with Gasteiger partial charge in [-0.15, -0.1) is 0 Å². The second-order valence-electron chi connectivity index (χ2n) is 3.51. The van der Waals surface area contributed by atoms with Crippen LogP contribution in [0.5, 0.6) is 0 Å². The molecule has 1 aliphatic rings. The summed E-state index contributed by atoms with van der Waals surface area (Å²) in [6.07, 6.45) is 2.16. The van der Waals surface area contributed by atoms with Crippen molar-refractivity contribution in [2.24, 2.45) is 0 Å². The Morgan fingerprint density at radius 3 is 2.77 bits per heavy atom. The van der Waals surface area contributed by atoms with Gasteiger partial charge >= 0.3 is 0 Å². The van der Waals surface area contributed by atoms with Crippen molar-refractivity contribution in [3.63, 3.8) is 0 Å². The number of hydrogen-bond donors (Lipinski definition) is 0. The van der Waals surface area contributed by atoms with E-state index in [0.29, 0.717) is 6.04 Å². The number of hydrogen-bond acceptors (Lipinski definition) is 1. The molecule has 4 heteroatoms. The third kappa shape index (κ3) is 3.90. The van der Waals surface area contributed by atoms with Crippen LogP contribution in [-0.2, 0) is 0 Å². The van der Waals surface area contributed by atoms with Gasteiger partial charge in [0.2, 0.25) is 0 Å². The molecule has 1 heterocycles. The first-order valence-corrected chi connectivity index (χ1v) is 5.94. The molecule has 0 aromatic carbocycles. The first-order valence-electron chi connectivity index (χ1n) is 4.82. The van der Waals surface area contributed by atoms with Crippen LogP contribution in [0.15, 0.2) is 0 Å². The van der Waals surface area contributed by atoms with E-state index in [1.54, 1.807) is 0 Å². The van der Waals surface area contributed by atoms with Crippen molar-refractivity contribution < 1.29 is 8.78 Å². The summed E-state index contributed by atoms with van der Waals surface area (Å²) in [6.45, 7) is 0.805. The fraction of sp³-hybridized carbons (Fsp3) is 1.00. The molecule has 1 fully saturated rings. The van der Waals surface area contributed by atoms with Crippen LogP contribution in [-0.4, -0.2) is 35.8 Å². The Morgan fingerprint density at radius 2 is 2.15 bits per heavy atom. The van der Waals surface area contributed by atoms with E-state index in [0.717, 1.165) is 31.1 Å². The monoisotopic (exact) mass is 255 g/mol. The summed E-state index contributed by atoms with van der Waals surface area (Å²) in [6, 6.07) is 0.377. The molecule has 1 rings (SSSR count). The van der Waals surface area contributed by atoms with Crippen LogP contribution in [0, 0.1) is 0 Å². The third-order valence-corrected chi connectivity index (χ3v) is 3.02. The predicted octanol–water partition coefficient (Wildman–Crippen LogP) is 2.89. The molecule has 13 heavy (non-hydrogen) atoms. The van der Waals surface area contributed by atoms with E-state index in [1.165, 1.54) is 6.42 Å². The summed E-state index contributed by atoms with van der Waals surface area (Å²) in [5.41, 5.74) is 0. The quantitative estimate of drug-likeness (QED) is 0.699. The Labute approximate surface area is 86.6 Å². The topological polar surface area (TPSA) is 3.24 Å². The second kappa shape index (κ2) is 5.91. The van der Waals surface area contributed by atoms with Crippen LogP contribution in [0.25, 0.3) is 0 Å². The van der Waals surface area contributed by atoms with Gasteiger partial charge < -0.3 is 0 Å². The van der Waals surface area contributed by atoms with Crippen molar-refractivity contribution in [1.29, 1.82) is 0 Å². The summed E-state index contributed by atoms with van der Waals surface area (Å²) in [4.78, 5) is 1.94. The van der Waals surface area contributed by atoms with Gasteiger partial charge in [-0.25, -0.2) is 8.78 Å². The van der Waals surface area contributed by atoms with Gasteiger partial charge in [-0.3, -0.25) is 4.90 Å². The Kier molecular flexibility index (Phi) is 5.17. The number of rotatable bonds is 4. The molecule has 0 radical (unpaired) electrons. The maximum atomic E-state index is 12.2. The van der Waals surface area contributed by atoms with Gasteiger partial charge in [-0.1, -0.05) is 22.4 Å². The van der Waals surface area contributed by atoms with E-state index < -0.39 is 6.43 Å². The van der Waals surface area contributed by atoms with Gasteiger partial charge in [-0.05, 0) is 25.8 Å². The molecule has 0 aliphatic carbocycles. The van der Waals surface area contributed by atoms with Crippen LogP contribution >= 0.6 is 15.9 Å². The molecule has 1 saturated heterocycles. The van der Waals surface area contributed by atoms with Crippen LogP contribution < -0.4 is 0 Å². The summed E-state index contributed by atoms with van der Waals surface area (Å²) < 4.78 is 24.4. The summed E-state index contributed by atoms with van der Waals surface area (Å²) in [5.74, 6) is 0. The molecule has 0 saturated carbocycles. The summed E-state index contributed by atoms with van der Waals surface area (Å²) in [5, 5.41) is 0.914. The highest BCUT2D eigenvalue weighted by molar-refractivity contribution is 9.09. The smallest absolute Gasteiger partial charge is 0.251 e. The molecule has 0 bridgehead atoms. The predicted molar refractivity (Wildman–Crippen MR) is 53.6 cm³/mol. The zero-order valence-electron chi connectivity index (χ0n) is 7.69. The highest BCUT2D eigenvalue weighted by Crippen LogP contribution is 2.20. The van der Waals surface area contributed by atoms with Crippen molar-refractivity contribution in [1.82, 2.24) is 4.90 Å². The van der Waals surface area contributed by atoms with E-state index in [-0.39, 0.29) is 6.54 Å². The molecule has 0 aromatic heterocycles. The third-order valence-electron chi connectivity index (χ3n) is 2.56.